The van der Waals surface area contributed by atoms with Crippen LogP contribution in [-0.2, 0) is 4.79 Å². The molecule has 0 aliphatic carbocycles. The monoisotopic (exact) mass is 294 g/mol. The number of carbonyl (C=O) groups is 1. The quantitative estimate of drug-likeness (QED) is 0.775. The molecule has 1 amide bonds. The normalized spacial score (nSPS) is 13.2. The molecule has 1 aromatic carbocycles. The van der Waals surface area contributed by atoms with Crippen LogP contribution in [0, 0.1) is 5.41 Å². The zero-order valence-electron chi connectivity index (χ0n) is 12.6. The molecular weight excluding hydrogens is 276 g/mol. The Morgan fingerprint density at radius 1 is 1.23 bits per heavy atom. The van der Waals surface area contributed by atoms with E-state index < -0.39 is 5.41 Å². The lowest BCUT2D eigenvalue weighted by Crippen LogP contribution is -2.37. The lowest BCUT2D eigenvalue weighted by Gasteiger charge is -2.32. The van der Waals surface area contributed by atoms with Crippen LogP contribution in [0.15, 0.2) is 48.9 Å². The Hall–Kier alpha value is -2.69. The van der Waals surface area contributed by atoms with Crippen molar-refractivity contribution < 1.29 is 4.79 Å². The van der Waals surface area contributed by atoms with Crippen LogP contribution in [0.5, 0.6) is 0 Å². The van der Waals surface area contributed by atoms with Gasteiger partial charge in [0.05, 0.1) is 17.1 Å². The second kappa shape index (κ2) is 5.26. The van der Waals surface area contributed by atoms with E-state index in [4.69, 9.17) is 5.73 Å². The first-order valence-electron chi connectivity index (χ1n) is 7.13. The Morgan fingerprint density at radius 2 is 2.05 bits per heavy atom. The molecule has 0 aliphatic rings. The van der Waals surface area contributed by atoms with E-state index in [9.17, 15) is 4.79 Å². The number of hydrogen-bond acceptors (Lipinski definition) is 3. The van der Waals surface area contributed by atoms with Crippen LogP contribution in [0.25, 0.3) is 10.9 Å². The molecule has 0 radical (unpaired) electrons. The highest BCUT2D eigenvalue weighted by atomic mass is 16.1. The number of carbonyl (C=O) groups excluding carboxylic acids is 1. The van der Waals surface area contributed by atoms with Gasteiger partial charge in [-0.1, -0.05) is 26.0 Å². The maximum Gasteiger partial charge on any atom is 0.224 e. The summed E-state index contributed by atoms with van der Waals surface area (Å²) in [5.74, 6) is -0.508. The number of rotatable bonds is 4. The van der Waals surface area contributed by atoms with Gasteiger partial charge in [0, 0.05) is 23.7 Å². The van der Waals surface area contributed by atoms with Crippen molar-refractivity contribution in [3.05, 3.63) is 60.0 Å². The standard InChI is InChI=1S/C17H18N4O/c1-17(2,16(18)22)15(12-4-3-7-19-9-12)11-5-6-14-13(8-11)10-20-21-14/h3-10,15H,1-2H3,(H2,18,22)(H,20,21). The van der Waals surface area contributed by atoms with Crippen LogP contribution in [0.2, 0.25) is 0 Å². The van der Waals surface area contributed by atoms with Crippen LogP contribution in [0.4, 0.5) is 0 Å². The minimum atomic E-state index is -0.736. The number of fused-ring (bicyclic) bond motifs is 1. The number of hydrogen-bond donors (Lipinski definition) is 2. The van der Waals surface area contributed by atoms with Crippen LogP contribution >= 0.6 is 0 Å². The highest BCUT2D eigenvalue weighted by Gasteiger charge is 2.37. The molecular formula is C17H18N4O. The largest absolute Gasteiger partial charge is 0.369 e. The molecule has 2 aromatic heterocycles. The summed E-state index contributed by atoms with van der Waals surface area (Å²) < 4.78 is 0. The van der Waals surface area contributed by atoms with Crippen LogP contribution in [0.1, 0.15) is 30.9 Å². The van der Waals surface area contributed by atoms with E-state index in [0.717, 1.165) is 22.0 Å². The van der Waals surface area contributed by atoms with Crippen molar-refractivity contribution in [2.24, 2.45) is 11.1 Å². The van der Waals surface area contributed by atoms with Crippen molar-refractivity contribution in [1.29, 1.82) is 0 Å². The highest BCUT2D eigenvalue weighted by Crippen LogP contribution is 2.41. The molecule has 3 rings (SSSR count). The molecule has 0 bridgehead atoms. The minimum Gasteiger partial charge on any atom is -0.369 e. The number of primary amides is 1. The molecule has 0 saturated heterocycles. The van der Waals surface area contributed by atoms with Crippen molar-refractivity contribution in [1.82, 2.24) is 15.2 Å². The predicted molar refractivity (Wildman–Crippen MR) is 85.1 cm³/mol. The molecule has 0 spiro atoms. The molecule has 0 aliphatic heterocycles. The topological polar surface area (TPSA) is 84.7 Å². The highest BCUT2D eigenvalue weighted by molar-refractivity contribution is 5.83. The lowest BCUT2D eigenvalue weighted by atomic mass is 9.71. The Morgan fingerprint density at radius 3 is 2.73 bits per heavy atom. The van der Waals surface area contributed by atoms with Gasteiger partial charge in [-0.15, -0.1) is 0 Å². The predicted octanol–water partition coefficient (Wildman–Crippen LogP) is 2.60. The third-order valence-electron chi connectivity index (χ3n) is 4.17. The summed E-state index contributed by atoms with van der Waals surface area (Å²) in [5.41, 5.74) is 7.87. The zero-order valence-corrected chi connectivity index (χ0v) is 12.6. The Balaban J connectivity index is 2.18. The number of benzene rings is 1. The number of pyridine rings is 1. The molecule has 5 nitrogen and oxygen atoms in total. The number of amides is 1. The van der Waals surface area contributed by atoms with Crippen molar-refractivity contribution in [2.75, 3.05) is 0 Å². The van der Waals surface area contributed by atoms with Gasteiger partial charge in [-0.25, -0.2) is 0 Å². The van der Waals surface area contributed by atoms with Gasteiger partial charge in [-0.05, 0) is 29.3 Å². The van der Waals surface area contributed by atoms with Gasteiger partial charge in [0.25, 0.3) is 0 Å². The second-order valence-corrected chi connectivity index (χ2v) is 6.02. The molecule has 2 heterocycles. The van der Waals surface area contributed by atoms with Crippen LogP contribution in [0.3, 0.4) is 0 Å². The molecule has 1 unspecified atom stereocenters. The summed E-state index contributed by atoms with van der Waals surface area (Å²) in [7, 11) is 0. The summed E-state index contributed by atoms with van der Waals surface area (Å²) >= 11 is 0. The molecule has 1 atom stereocenters. The SMILES string of the molecule is CC(C)(C(N)=O)C(c1cccnc1)c1ccc2[nH]ncc2c1. The average Bonchev–Trinajstić information content (AvgIpc) is 2.96. The zero-order chi connectivity index (χ0) is 15.7. The number of aromatic nitrogens is 3. The first kappa shape index (κ1) is 14.3. The van der Waals surface area contributed by atoms with E-state index in [0.29, 0.717) is 0 Å². The molecule has 0 saturated carbocycles. The van der Waals surface area contributed by atoms with Gasteiger partial charge >= 0.3 is 0 Å². The van der Waals surface area contributed by atoms with Crippen LogP contribution in [-0.4, -0.2) is 21.1 Å². The first-order valence-corrected chi connectivity index (χ1v) is 7.13. The minimum absolute atomic E-state index is 0.169. The lowest BCUT2D eigenvalue weighted by molar-refractivity contribution is -0.126. The van der Waals surface area contributed by atoms with Gasteiger partial charge in [0.2, 0.25) is 5.91 Å². The van der Waals surface area contributed by atoms with Crippen molar-refractivity contribution in [3.8, 4) is 0 Å². The Kier molecular flexibility index (Phi) is 3.41. The maximum atomic E-state index is 12.0. The Labute approximate surface area is 128 Å². The smallest absolute Gasteiger partial charge is 0.224 e. The van der Waals surface area contributed by atoms with Gasteiger partial charge < -0.3 is 5.73 Å². The summed E-state index contributed by atoms with van der Waals surface area (Å²) in [6.07, 6.45) is 5.28. The molecule has 3 N–H and O–H groups in total. The van der Waals surface area contributed by atoms with Crippen molar-refractivity contribution in [2.45, 2.75) is 19.8 Å². The summed E-state index contributed by atoms with van der Waals surface area (Å²) in [6.45, 7) is 3.74. The fourth-order valence-corrected chi connectivity index (χ4v) is 2.86. The summed E-state index contributed by atoms with van der Waals surface area (Å²) in [4.78, 5) is 16.2. The molecule has 22 heavy (non-hydrogen) atoms. The Bertz CT molecular complexity index is 808. The molecule has 3 aromatic rings. The molecule has 5 heteroatoms. The molecule has 0 fully saturated rings. The van der Waals surface area contributed by atoms with Crippen molar-refractivity contribution in [3.63, 3.8) is 0 Å². The third-order valence-corrected chi connectivity index (χ3v) is 4.17. The maximum absolute atomic E-state index is 12.0. The number of aromatic amines is 1. The van der Waals surface area contributed by atoms with E-state index in [-0.39, 0.29) is 11.8 Å². The van der Waals surface area contributed by atoms with Crippen molar-refractivity contribution >= 4 is 16.8 Å². The second-order valence-electron chi connectivity index (χ2n) is 6.02. The molecule has 112 valence electrons. The van der Waals surface area contributed by atoms with E-state index in [1.807, 2.05) is 44.2 Å². The number of nitrogens with zero attached hydrogens (tertiary/aromatic N) is 2. The van der Waals surface area contributed by atoms with Gasteiger partial charge in [-0.3, -0.25) is 14.9 Å². The first-order chi connectivity index (χ1) is 10.5. The fraction of sp³-hybridized carbons (Fsp3) is 0.235. The van der Waals surface area contributed by atoms with E-state index in [1.165, 1.54) is 0 Å². The van der Waals surface area contributed by atoms with E-state index in [2.05, 4.69) is 15.2 Å². The van der Waals surface area contributed by atoms with Gasteiger partial charge in [0.1, 0.15) is 0 Å². The fourth-order valence-electron chi connectivity index (χ4n) is 2.86. The number of nitrogens with one attached hydrogen (secondary N) is 1. The van der Waals surface area contributed by atoms with Crippen LogP contribution < -0.4 is 5.73 Å². The summed E-state index contributed by atoms with van der Waals surface area (Å²) in [6, 6.07) is 9.86. The van der Waals surface area contributed by atoms with Gasteiger partial charge in [0.15, 0.2) is 0 Å². The van der Waals surface area contributed by atoms with Gasteiger partial charge in [-0.2, -0.15) is 5.10 Å². The average molecular weight is 294 g/mol. The number of nitrogens with two attached hydrogens (primary N) is 1. The van der Waals surface area contributed by atoms with E-state index in [1.54, 1.807) is 18.6 Å². The van der Waals surface area contributed by atoms with E-state index >= 15 is 0 Å². The third kappa shape index (κ3) is 2.35. The number of H-pyrrole nitrogens is 1. The summed E-state index contributed by atoms with van der Waals surface area (Å²) in [5, 5.41) is 7.98.